The average molecular weight is 461 g/mol. The highest BCUT2D eigenvalue weighted by Gasteiger charge is 2.17. The second-order valence-corrected chi connectivity index (χ2v) is 9.34. The number of hydrogen-bond acceptors (Lipinski definition) is 1. The van der Waals surface area contributed by atoms with Crippen molar-refractivity contribution < 1.29 is 0 Å². The zero-order valence-corrected chi connectivity index (χ0v) is 20.0. The SMILES string of the molecule is Cn1ccnc1-c1ccc(-c2c3ccccc3c(-c3ccc4ccccc4c3)c3ccccc23)cc1. The van der Waals surface area contributed by atoms with Gasteiger partial charge in [-0.15, -0.1) is 0 Å². The van der Waals surface area contributed by atoms with Crippen molar-refractivity contribution in [3.8, 4) is 33.6 Å². The molecule has 1 heterocycles. The van der Waals surface area contributed by atoms with Gasteiger partial charge >= 0.3 is 0 Å². The summed E-state index contributed by atoms with van der Waals surface area (Å²) in [5.41, 5.74) is 6.15. The maximum absolute atomic E-state index is 4.52. The molecule has 0 atom stereocenters. The van der Waals surface area contributed by atoms with Crippen LogP contribution >= 0.6 is 0 Å². The molecule has 7 rings (SSSR count). The van der Waals surface area contributed by atoms with Gasteiger partial charge in [0.05, 0.1) is 0 Å². The van der Waals surface area contributed by atoms with Gasteiger partial charge in [-0.25, -0.2) is 4.98 Å². The molecule has 0 aliphatic rings. The van der Waals surface area contributed by atoms with Crippen molar-refractivity contribution in [2.24, 2.45) is 7.05 Å². The van der Waals surface area contributed by atoms with Crippen LogP contribution in [0.25, 0.3) is 66.0 Å². The summed E-state index contributed by atoms with van der Waals surface area (Å²) >= 11 is 0. The highest BCUT2D eigenvalue weighted by Crippen LogP contribution is 2.44. The molecule has 170 valence electrons. The molecular formula is C34H24N2. The van der Waals surface area contributed by atoms with Gasteiger partial charge in [-0.3, -0.25) is 0 Å². The van der Waals surface area contributed by atoms with Gasteiger partial charge in [0, 0.05) is 25.0 Å². The Bertz CT molecular complexity index is 1830. The lowest BCUT2D eigenvalue weighted by molar-refractivity contribution is 0.925. The first-order chi connectivity index (χ1) is 17.8. The van der Waals surface area contributed by atoms with Gasteiger partial charge < -0.3 is 4.57 Å². The third-order valence-corrected chi connectivity index (χ3v) is 7.22. The standard InChI is InChI=1S/C34H24N2/c1-36-21-20-35-34(36)25-17-15-24(16-18-25)32-28-10-4-6-12-30(28)33(31-13-7-5-11-29(31)32)27-19-14-23-8-2-3-9-26(23)22-27/h2-22H,1H3. The minimum Gasteiger partial charge on any atom is -0.334 e. The molecule has 0 aliphatic heterocycles. The van der Waals surface area contributed by atoms with Crippen LogP contribution in [0.3, 0.4) is 0 Å². The number of hydrogen-bond donors (Lipinski definition) is 0. The third-order valence-electron chi connectivity index (χ3n) is 7.22. The van der Waals surface area contributed by atoms with E-state index in [0.29, 0.717) is 0 Å². The third kappa shape index (κ3) is 3.23. The molecule has 0 radical (unpaired) electrons. The number of nitrogens with zero attached hydrogens (tertiary/aromatic N) is 2. The van der Waals surface area contributed by atoms with Crippen LogP contribution in [0.4, 0.5) is 0 Å². The van der Waals surface area contributed by atoms with Crippen molar-refractivity contribution in [1.82, 2.24) is 9.55 Å². The zero-order chi connectivity index (χ0) is 24.1. The van der Waals surface area contributed by atoms with E-state index in [1.807, 2.05) is 19.4 Å². The Hall–Kier alpha value is -4.69. The Morgan fingerprint density at radius 2 is 1.00 bits per heavy atom. The van der Waals surface area contributed by atoms with Crippen molar-refractivity contribution in [2.45, 2.75) is 0 Å². The van der Waals surface area contributed by atoms with Crippen LogP contribution in [0, 0.1) is 0 Å². The van der Waals surface area contributed by atoms with E-state index in [1.54, 1.807) is 0 Å². The summed E-state index contributed by atoms with van der Waals surface area (Å²) in [4.78, 5) is 4.52. The summed E-state index contributed by atoms with van der Waals surface area (Å²) < 4.78 is 2.05. The largest absolute Gasteiger partial charge is 0.334 e. The number of fused-ring (bicyclic) bond motifs is 3. The first-order valence-corrected chi connectivity index (χ1v) is 12.3. The Balaban J connectivity index is 1.51. The highest BCUT2D eigenvalue weighted by atomic mass is 15.0. The normalized spacial score (nSPS) is 11.5. The molecule has 0 amide bonds. The van der Waals surface area contributed by atoms with Gasteiger partial charge in [0.2, 0.25) is 0 Å². The van der Waals surface area contributed by atoms with Crippen LogP contribution in [0.15, 0.2) is 128 Å². The number of aryl methyl sites for hydroxylation is 1. The molecule has 0 unspecified atom stereocenters. The molecule has 0 aliphatic carbocycles. The van der Waals surface area contributed by atoms with Crippen molar-refractivity contribution in [2.75, 3.05) is 0 Å². The van der Waals surface area contributed by atoms with Crippen LogP contribution in [0.2, 0.25) is 0 Å². The molecule has 0 fully saturated rings. The van der Waals surface area contributed by atoms with Crippen molar-refractivity contribution in [3.63, 3.8) is 0 Å². The van der Waals surface area contributed by atoms with Crippen LogP contribution in [-0.2, 0) is 7.05 Å². The van der Waals surface area contributed by atoms with Gasteiger partial charge in [-0.1, -0.05) is 109 Å². The highest BCUT2D eigenvalue weighted by molar-refractivity contribution is 6.21. The smallest absolute Gasteiger partial charge is 0.139 e. The van der Waals surface area contributed by atoms with Crippen LogP contribution < -0.4 is 0 Å². The molecule has 1 aromatic heterocycles. The Kier molecular flexibility index (Phi) is 4.71. The Labute approximate surface area is 210 Å². The lowest BCUT2D eigenvalue weighted by atomic mass is 9.85. The van der Waals surface area contributed by atoms with E-state index < -0.39 is 0 Å². The minimum atomic E-state index is 0.975. The van der Waals surface area contributed by atoms with E-state index in [4.69, 9.17) is 0 Å². The molecule has 0 spiro atoms. The fourth-order valence-electron chi connectivity index (χ4n) is 5.52. The molecule has 2 heteroatoms. The first-order valence-electron chi connectivity index (χ1n) is 12.3. The number of benzene rings is 6. The summed E-state index contributed by atoms with van der Waals surface area (Å²) in [6, 6.07) is 41.8. The molecule has 2 nitrogen and oxygen atoms in total. The van der Waals surface area contributed by atoms with Crippen molar-refractivity contribution >= 4 is 32.3 Å². The summed E-state index contributed by atoms with van der Waals surface area (Å²) in [6.45, 7) is 0. The summed E-state index contributed by atoms with van der Waals surface area (Å²) in [6.07, 6.45) is 3.82. The van der Waals surface area contributed by atoms with Crippen molar-refractivity contribution in [1.29, 1.82) is 0 Å². The maximum atomic E-state index is 4.52. The van der Waals surface area contributed by atoms with Gasteiger partial charge in [0.25, 0.3) is 0 Å². The first kappa shape index (κ1) is 20.7. The molecular weight excluding hydrogens is 436 g/mol. The summed E-state index contributed by atoms with van der Waals surface area (Å²) in [7, 11) is 2.03. The van der Waals surface area contributed by atoms with Crippen LogP contribution in [-0.4, -0.2) is 9.55 Å². The molecule has 0 saturated heterocycles. The minimum absolute atomic E-state index is 0.975. The lowest BCUT2D eigenvalue weighted by Crippen LogP contribution is -1.92. The van der Waals surface area contributed by atoms with Gasteiger partial charge in [0.15, 0.2) is 0 Å². The van der Waals surface area contributed by atoms with Gasteiger partial charge in [-0.2, -0.15) is 0 Å². The van der Waals surface area contributed by atoms with E-state index >= 15 is 0 Å². The van der Waals surface area contributed by atoms with Crippen LogP contribution in [0.5, 0.6) is 0 Å². The molecule has 6 aromatic carbocycles. The molecule has 0 N–H and O–H groups in total. The number of imidazole rings is 1. The topological polar surface area (TPSA) is 17.8 Å². The second-order valence-electron chi connectivity index (χ2n) is 9.34. The van der Waals surface area contributed by atoms with E-state index in [9.17, 15) is 0 Å². The molecule has 0 bridgehead atoms. The molecule has 0 saturated carbocycles. The zero-order valence-electron chi connectivity index (χ0n) is 20.0. The van der Waals surface area contributed by atoms with E-state index in [2.05, 4.69) is 125 Å². The van der Waals surface area contributed by atoms with E-state index in [0.717, 1.165) is 11.4 Å². The fourth-order valence-corrected chi connectivity index (χ4v) is 5.52. The quantitative estimate of drug-likeness (QED) is 0.241. The van der Waals surface area contributed by atoms with Gasteiger partial charge in [0.1, 0.15) is 5.82 Å². The van der Waals surface area contributed by atoms with Gasteiger partial charge in [-0.05, 0) is 60.6 Å². The molecule has 36 heavy (non-hydrogen) atoms. The molecule has 7 aromatic rings. The Morgan fingerprint density at radius 3 is 1.58 bits per heavy atom. The van der Waals surface area contributed by atoms with Crippen molar-refractivity contribution in [3.05, 3.63) is 128 Å². The summed E-state index contributed by atoms with van der Waals surface area (Å²) in [5, 5.41) is 7.61. The average Bonchev–Trinajstić information content (AvgIpc) is 3.37. The number of aromatic nitrogens is 2. The Morgan fingerprint density at radius 1 is 0.500 bits per heavy atom. The number of rotatable bonds is 3. The predicted molar refractivity (Wildman–Crippen MR) is 152 cm³/mol. The predicted octanol–water partition coefficient (Wildman–Crippen LogP) is 8.88. The second kappa shape index (κ2) is 8.21. The maximum Gasteiger partial charge on any atom is 0.139 e. The van der Waals surface area contributed by atoms with E-state index in [-0.39, 0.29) is 0 Å². The monoisotopic (exact) mass is 460 g/mol. The lowest BCUT2D eigenvalue weighted by Gasteiger charge is -2.18. The van der Waals surface area contributed by atoms with E-state index in [1.165, 1.54) is 54.6 Å². The summed E-state index contributed by atoms with van der Waals surface area (Å²) in [5.74, 6) is 0.975. The fraction of sp³-hybridized carbons (Fsp3) is 0.0294. The van der Waals surface area contributed by atoms with Crippen LogP contribution in [0.1, 0.15) is 0 Å².